The molecular formula is C12H27N3. The van der Waals surface area contributed by atoms with Crippen LogP contribution in [0.3, 0.4) is 0 Å². The zero-order valence-corrected chi connectivity index (χ0v) is 10.6. The first-order valence-electron chi connectivity index (χ1n) is 6.28. The molecule has 0 amide bonds. The van der Waals surface area contributed by atoms with E-state index < -0.39 is 0 Å². The van der Waals surface area contributed by atoms with Crippen LogP contribution in [0.2, 0.25) is 0 Å². The third-order valence-corrected chi connectivity index (χ3v) is 3.76. The molecule has 15 heavy (non-hydrogen) atoms. The van der Waals surface area contributed by atoms with Crippen molar-refractivity contribution >= 4 is 0 Å². The maximum absolute atomic E-state index is 5.80. The van der Waals surface area contributed by atoms with E-state index in [1.165, 1.54) is 45.7 Å². The highest BCUT2D eigenvalue weighted by Crippen LogP contribution is 2.27. The second-order valence-electron chi connectivity index (χ2n) is 5.07. The van der Waals surface area contributed by atoms with E-state index in [-0.39, 0.29) is 0 Å². The normalized spacial score (nSPS) is 27.8. The topological polar surface area (TPSA) is 32.5 Å². The summed E-state index contributed by atoms with van der Waals surface area (Å²) in [6.45, 7) is 14.8. The number of rotatable bonds is 6. The Labute approximate surface area is 94.6 Å². The molecule has 3 nitrogen and oxygen atoms in total. The lowest BCUT2D eigenvalue weighted by molar-refractivity contribution is 0.224. The van der Waals surface area contributed by atoms with Crippen molar-refractivity contribution in [2.75, 3.05) is 45.8 Å². The average molecular weight is 213 g/mol. The molecule has 0 aromatic carbocycles. The van der Waals surface area contributed by atoms with Crippen LogP contribution < -0.4 is 5.73 Å². The lowest BCUT2D eigenvalue weighted by Gasteiger charge is -2.25. The third-order valence-electron chi connectivity index (χ3n) is 3.76. The molecule has 2 N–H and O–H groups in total. The number of hydrogen-bond acceptors (Lipinski definition) is 3. The molecule has 0 aliphatic carbocycles. The molecule has 1 unspecified atom stereocenters. The van der Waals surface area contributed by atoms with Crippen LogP contribution in [0, 0.1) is 5.41 Å². The number of hydrogen-bond donors (Lipinski definition) is 1. The van der Waals surface area contributed by atoms with E-state index in [2.05, 4.69) is 30.6 Å². The lowest BCUT2D eigenvalue weighted by atomic mass is 9.90. The van der Waals surface area contributed by atoms with Crippen molar-refractivity contribution in [3.05, 3.63) is 0 Å². The Morgan fingerprint density at radius 1 is 1.33 bits per heavy atom. The van der Waals surface area contributed by atoms with Crippen molar-refractivity contribution < 1.29 is 0 Å². The number of nitrogens with zero attached hydrogens (tertiary/aromatic N) is 2. The van der Waals surface area contributed by atoms with Gasteiger partial charge in [0.05, 0.1) is 0 Å². The lowest BCUT2D eigenvalue weighted by Crippen LogP contribution is -2.36. The van der Waals surface area contributed by atoms with E-state index in [0.29, 0.717) is 5.41 Å². The predicted molar refractivity (Wildman–Crippen MR) is 66.0 cm³/mol. The van der Waals surface area contributed by atoms with Crippen LogP contribution in [-0.2, 0) is 0 Å². The van der Waals surface area contributed by atoms with Gasteiger partial charge in [-0.3, -0.25) is 0 Å². The van der Waals surface area contributed by atoms with E-state index >= 15 is 0 Å². The molecule has 0 radical (unpaired) electrons. The molecule has 0 spiro atoms. The maximum atomic E-state index is 5.80. The Morgan fingerprint density at radius 2 is 2.00 bits per heavy atom. The fraction of sp³-hybridized carbons (Fsp3) is 1.00. The van der Waals surface area contributed by atoms with E-state index in [9.17, 15) is 0 Å². The van der Waals surface area contributed by atoms with Crippen molar-refractivity contribution in [3.63, 3.8) is 0 Å². The van der Waals surface area contributed by atoms with Crippen molar-refractivity contribution in [3.8, 4) is 0 Å². The largest absolute Gasteiger partial charge is 0.330 e. The molecule has 1 rings (SSSR count). The van der Waals surface area contributed by atoms with E-state index in [1.807, 2.05) is 0 Å². The minimum atomic E-state index is 0.378. The van der Waals surface area contributed by atoms with Gasteiger partial charge in [-0.15, -0.1) is 0 Å². The van der Waals surface area contributed by atoms with Gasteiger partial charge in [-0.2, -0.15) is 0 Å². The molecule has 0 aromatic heterocycles. The minimum Gasteiger partial charge on any atom is -0.330 e. The van der Waals surface area contributed by atoms with Gasteiger partial charge in [0.15, 0.2) is 0 Å². The van der Waals surface area contributed by atoms with Gasteiger partial charge in [-0.05, 0) is 38.0 Å². The summed E-state index contributed by atoms with van der Waals surface area (Å²) in [6, 6.07) is 0. The number of likely N-dealkylation sites (tertiary alicyclic amines) is 1. The number of likely N-dealkylation sites (N-methyl/N-ethyl adjacent to an activating group) is 1. The van der Waals surface area contributed by atoms with E-state index in [1.54, 1.807) is 0 Å². The average Bonchev–Trinajstić information content (AvgIpc) is 2.63. The van der Waals surface area contributed by atoms with Crippen molar-refractivity contribution in [1.29, 1.82) is 0 Å². The third kappa shape index (κ3) is 3.74. The van der Waals surface area contributed by atoms with Crippen LogP contribution in [0.5, 0.6) is 0 Å². The summed E-state index contributed by atoms with van der Waals surface area (Å²) in [5.41, 5.74) is 6.18. The highest BCUT2D eigenvalue weighted by Gasteiger charge is 2.31. The summed E-state index contributed by atoms with van der Waals surface area (Å²) in [5.74, 6) is 0. The maximum Gasteiger partial charge on any atom is 0.0110 e. The smallest absolute Gasteiger partial charge is 0.0110 e. The van der Waals surface area contributed by atoms with Crippen LogP contribution >= 0.6 is 0 Å². The molecule has 1 saturated heterocycles. The van der Waals surface area contributed by atoms with Gasteiger partial charge in [-0.1, -0.05) is 20.8 Å². The van der Waals surface area contributed by atoms with Gasteiger partial charge in [0.1, 0.15) is 0 Å². The van der Waals surface area contributed by atoms with Crippen molar-refractivity contribution in [2.24, 2.45) is 11.1 Å². The zero-order chi connectivity index (χ0) is 11.3. The second-order valence-corrected chi connectivity index (χ2v) is 5.07. The monoisotopic (exact) mass is 213 g/mol. The molecule has 90 valence electrons. The van der Waals surface area contributed by atoms with Crippen LogP contribution in [0.15, 0.2) is 0 Å². The molecule has 0 bridgehead atoms. The highest BCUT2D eigenvalue weighted by atomic mass is 15.2. The summed E-state index contributed by atoms with van der Waals surface area (Å²) in [6.07, 6.45) is 1.27. The molecule has 3 heteroatoms. The quantitative estimate of drug-likeness (QED) is 0.714. The SMILES string of the molecule is CCN(CC)CCN1CCC(C)(CN)C1. The zero-order valence-electron chi connectivity index (χ0n) is 10.6. The van der Waals surface area contributed by atoms with Gasteiger partial charge in [0, 0.05) is 19.6 Å². The summed E-state index contributed by atoms with van der Waals surface area (Å²) in [7, 11) is 0. The standard InChI is InChI=1S/C12H27N3/c1-4-14(5-2)8-9-15-7-6-12(3,10-13)11-15/h4-11,13H2,1-3H3. The molecule has 0 aromatic rings. The van der Waals surface area contributed by atoms with Crippen LogP contribution in [0.1, 0.15) is 27.2 Å². The van der Waals surface area contributed by atoms with E-state index in [4.69, 9.17) is 5.73 Å². The van der Waals surface area contributed by atoms with Crippen molar-refractivity contribution in [1.82, 2.24) is 9.80 Å². The molecule has 1 aliphatic heterocycles. The fourth-order valence-electron chi connectivity index (χ4n) is 2.31. The Kier molecular flexibility index (Phi) is 5.03. The van der Waals surface area contributed by atoms with Gasteiger partial charge >= 0.3 is 0 Å². The first-order valence-corrected chi connectivity index (χ1v) is 6.28. The van der Waals surface area contributed by atoms with Crippen LogP contribution in [0.25, 0.3) is 0 Å². The summed E-state index contributed by atoms with van der Waals surface area (Å²) in [5, 5.41) is 0. The molecule has 1 fully saturated rings. The molecule has 1 heterocycles. The Bertz CT molecular complexity index is 180. The molecular weight excluding hydrogens is 186 g/mol. The van der Waals surface area contributed by atoms with Crippen LogP contribution in [0.4, 0.5) is 0 Å². The Hall–Kier alpha value is -0.120. The first kappa shape index (κ1) is 12.9. The Morgan fingerprint density at radius 3 is 2.47 bits per heavy atom. The molecule has 0 saturated carbocycles. The minimum absolute atomic E-state index is 0.378. The Balaban J connectivity index is 2.24. The summed E-state index contributed by atoms with van der Waals surface area (Å²) < 4.78 is 0. The van der Waals surface area contributed by atoms with Gasteiger partial charge < -0.3 is 15.5 Å². The molecule has 1 atom stereocenters. The molecule has 1 aliphatic rings. The van der Waals surface area contributed by atoms with Gasteiger partial charge in [0.2, 0.25) is 0 Å². The van der Waals surface area contributed by atoms with Gasteiger partial charge in [0.25, 0.3) is 0 Å². The number of nitrogens with two attached hydrogens (primary N) is 1. The van der Waals surface area contributed by atoms with Crippen LogP contribution in [-0.4, -0.2) is 55.6 Å². The van der Waals surface area contributed by atoms with E-state index in [0.717, 1.165) is 6.54 Å². The summed E-state index contributed by atoms with van der Waals surface area (Å²) >= 11 is 0. The van der Waals surface area contributed by atoms with Gasteiger partial charge in [-0.25, -0.2) is 0 Å². The first-order chi connectivity index (χ1) is 7.13. The van der Waals surface area contributed by atoms with Crippen molar-refractivity contribution in [2.45, 2.75) is 27.2 Å². The second kappa shape index (κ2) is 5.83. The highest BCUT2D eigenvalue weighted by molar-refractivity contribution is 4.87. The predicted octanol–water partition coefficient (Wildman–Crippen LogP) is 0.999. The summed E-state index contributed by atoms with van der Waals surface area (Å²) in [4.78, 5) is 5.04. The fourth-order valence-corrected chi connectivity index (χ4v) is 2.31.